The van der Waals surface area contributed by atoms with Crippen molar-refractivity contribution in [1.82, 2.24) is 24.5 Å². The molecule has 1 N–H and O–H groups in total. The van der Waals surface area contributed by atoms with Crippen LogP contribution >= 0.6 is 0 Å². The number of nitrogens with one attached hydrogen (secondary N) is 1. The largest absolute Gasteiger partial charge is 0.314 e. The van der Waals surface area contributed by atoms with Crippen LogP contribution < -0.4 is 4.90 Å². The Labute approximate surface area is 168 Å². The lowest BCUT2D eigenvalue weighted by atomic mass is 10.2. The monoisotopic (exact) mass is 417 g/mol. The van der Waals surface area contributed by atoms with Crippen LogP contribution in [0.2, 0.25) is 0 Å². The third-order valence-electron chi connectivity index (χ3n) is 4.95. The van der Waals surface area contributed by atoms with Crippen molar-refractivity contribution in [2.45, 2.75) is 18.0 Å². The van der Waals surface area contributed by atoms with E-state index in [9.17, 15) is 12.8 Å². The van der Waals surface area contributed by atoms with E-state index in [0.717, 1.165) is 18.5 Å². The predicted molar refractivity (Wildman–Crippen MR) is 104 cm³/mol. The van der Waals surface area contributed by atoms with E-state index >= 15 is 0 Å². The third-order valence-corrected chi connectivity index (χ3v) is 6.87. The molecule has 1 unspecified atom stereocenters. The summed E-state index contributed by atoms with van der Waals surface area (Å²) in [4.78, 5) is 2.86. The molecule has 29 heavy (non-hydrogen) atoms. The molecular formula is C19H22FN6O2S+. The highest BCUT2D eigenvalue weighted by Crippen LogP contribution is 2.16. The van der Waals surface area contributed by atoms with Crippen molar-refractivity contribution in [3.05, 3.63) is 60.4 Å². The Kier molecular flexibility index (Phi) is 5.65. The standard InChI is InChI=1S/C19H21FN6O2S/c20-17-7-9-18(10-8-17)29(27,28)25-12-4-11-24(13-14-25)15-26-22-19(21-23-26)16-5-2-1-3-6-16/h1-3,5-10H,4,11-15H2/p+1. The molecule has 3 aromatic rings. The molecule has 2 heterocycles. The molecule has 1 fully saturated rings. The number of benzene rings is 2. The minimum Gasteiger partial charge on any atom is -0.314 e. The van der Waals surface area contributed by atoms with E-state index in [1.54, 1.807) is 4.80 Å². The summed E-state index contributed by atoms with van der Waals surface area (Å²) in [5.41, 5.74) is 0.904. The maximum absolute atomic E-state index is 13.1. The summed E-state index contributed by atoms with van der Waals surface area (Å²) in [5, 5.41) is 12.7. The fourth-order valence-electron chi connectivity index (χ4n) is 3.39. The number of nitrogens with zero attached hydrogens (tertiary/aromatic N) is 5. The van der Waals surface area contributed by atoms with E-state index in [0.29, 0.717) is 32.1 Å². The fraction of sp³-hybridized carbons (Fsp3) is 0.316. The van der Waals surface area contributed by atoms with Gasteiger partial charge < -0.3 is 4.90 Å². The lowest BCUT2D eigenvalue weighted by molar-refractivity contribution is -0.922. The van der Waals surface area contributed by atoms with Gasteiger partial charge in [0.25, 0.3) is 0 Å². The second-order valence-corrected chi connectivity index (χ2v) is 8.91. The Morgan fingerprint density at radius 1 is 1.00 bits per heavy atom. The molecule has 10 heteroatoms. The molecule has 152 valence electrons. The zero-order valence-corrected chi connectivity index (χ0v) is 16.6. The van der Waals surface area contributed by atoms with Gasteiger partial charge in [-0.2, -0.15) is 4.31 Å². The zero-order chi connectivity index (χ0) is 20.3. The second kappa shape index (κ2) is 8.36. The molecule has 4 rings (SSSR count). The van der Waals surface area contributed by atoms with Crippen molar-refractivity contribution in [3.63, 3.8) is 0 Å². The van der Waals surface area contributed by atoms with Crippen molar-refractivity contribution >= 4 is 10.0 Å². The van der Waals surface area contributed by atoms with Crippen LogP contribution in [0.15, 0.2) is 59.5 Å². The van der Waals surface area contributed by atoms with E-state index in [1.165, 1.54) is 33.5 Å². The van der Waals surface area contributed by atoms with Crippen LogP contribution in [-0.4, -0.2) is 59.1 Å². The molecular weight excluding hydrogens is 395 g/mol. The zero-order valence-electron chi connectivity index (χ0n) is 15.8. The van der Waals surface area contributed by atoms with E-state index in [-0.39, 0.29) is 4.90 Å². The summed E-state index contributed by atoms with van der Waals surface area (Å²) in [6.45, 7) is 2.77. The number of halogens is 1. The fourth-order valence-corrected chi connectivity index (χ4v) is 4.87. The van der Waals surface area contributed by atoms with Gasteiger partial charge in [0.1, 0.15) is 5.82 Å². The highest BCUT2D eigenvalue weighted by molar-refractivity contribution is 7.89. The summed E-state index contributed by atoms with van der Waals surface area (Å²) in [5.74, 6) is 0.117. The predicted octanol–water partition coefficient (Wildman–Crippen LogP) is 0.416. The second-order valence-electron chi connectivity index (χ2n) is 6.97. The van der Waals surface area contributed by atoms with Gasteiger partial charge in [-0.25, -0.2) is 12.8 Å². The molecule has 2 aromatic carbocycles. The van der Waals surface area contributed by atoms with Gasteiger partial charge in [-0.1, -0.05) is 30.3 Å². The molecule has 0 aliphatic carbocycles. The topological polar surface area (TPSA) is 85.4 Å². The smallest absolute Gasteiger partial charge is 0.243 e. The van der Waals surface area contributed by atoms with Crippen molar-refractivity contribution in [3.8, 4) is 11.4 Å². The lowest BCUT2D eigenvalue weighted by Crippen LogP contribution is -3.11. The molecule has 1 atom stereocenters. The first-order valence-electron chi connectivity index (χ1n) is 9.45. The van der Waals surface area contributed by atoms with Gasteiger partial charge in [-0.05, 0) is 29.5 Å². The highest BCUT2D eigenvalue weighted by atomic mass is 32.2. The summed E-state index contributed by atoms with van der Waals surface area (Å²) in [7, 11) is -3.63. The third kappa shape index (κ3) is 4.50. The first kappa shape index (κ1) is 19.6. The van der Waals surface area contributed by atoms with Gasteiger partial charge in [0.2, 0.25) is 15.8 Å². The Bertz CT molecular complexity index is 1060. The number of tetrazole rings is 1. The van der Waals surface area contributed by atoms with Gasteiger partial charge in [0.05, 0.1) is 24.5 Å². The molecule has 0 radical (unpaired) electrons. The van der Waals surface area contributed by atoms with E-state index in [1.807, 2.05) is 30.3 Å². The molecule has 0 spiro atoms. The minimum absolute atomic E-state index is 0.118. The molecule has 0 amide bonds. The first-order valence-corrected chi connectivity index (χ1v) is 10.9. The lowest BCUT2D eigenvalue weighted by Gasteiger charge is -2.19. The highest BCUT2D eigenvalue weighted by Gasteiger charge is 2.28. The number of hydrogen-bond donors (Lipinski definition) is 1. The minimum atomic E-state index is -3.63. The van der Waals surface area contributed by atoms with Crippen LogP contribution in [0.5, 0.6) is 0 Å². The van der Waals surface area contributed by atoms with Gasteiger partial charge in [-0.3, -0.25) is 0 Å². The molecule has 8 nitrogen and oxygen atoms in total. The van der Waals surface area contributed by atoms with Crippen molar-refractivity contribution in [2.75, 3.05) is 26.2 Å². The van der Waals surface area contributed by atoms with Crippen LogP contribution in [0.3, 0.4) is 0 Å². The molecule has 1 aliphatic rings. The van der Waals surface area contributed by atoms with Crippen molar-refractivity contribution in [2.24, 2.45) is 0 Å². The molecule has 1 saturated heterocycles. The summed E-state index contributed by atoms with van der Waals surface area (Å²) in [6, 6.07) is 14.6. The van der Waals surface area contributed by atoms with Gasteiger partial charge >= 0.3 is 0 Å². The molecule has 0 bridgehead atoms. The number of aromatic nitrogens is 4. The molecule has 1 aromatic heterocycles. The summed E-state index contributed by atoms with van der Waals surface area (Å²) >= 11 is 0. The van der Waals surface area contributed by atoms with E-state index < -0.39 is 15.8 Å². The average molecular weight is 417 g/mol. The van der Waals surface area contributed by atoms with Gasteiger partial charge in [-0.15, -0.1) is 15.0 Å². The normalized spacial score (nSPS) is 18.4. The van der Waals surface area contributed by atoms with E-state index in [2.05, 4.69) is 15.4 Å². The Morgan fingerprint density at radius 3 is 2.52 bits per heavy atom. The summed E-state index contributed by atoms with van der Waals surface area (Å²) in [6.07, 6.45) is 0.718. The average Bonchev–Trinajstić information content (AvgIpc) is 3.06. The molecule has 0 saturated carbocycles. The van der Waals surface area contributed by atoms with Crippen LogP contribution in [0, 0.1) is 5.82 Å². The Morgan fingerprint density at radius 2 is 1.76 bits per heavy atom. The van der Waals surface area contributed by atoms with Gasteiger partial charge in [0, 0.05) is 18.5 Å². The number of sulfonamides is 1. The SMILES string of the molecule is O=S(=O)(c1ccc(F)cc1)N1CCC[NH+](Cn2nnc(-c3ccccc3)n2)CC1. The van der Waals surface area contributed by atoms with Gasteiger partial charge in [0.15, 0.2) is 6.67 Å². The van der Waals surface area contributed by atoms with Crippen LogP contribution in [0.1, 0.15) is 6.42 Å². The number of rotatable bonds is 5. The number of quaternary nitrogens is 1. The number of hydrogen-bond acceptors (Lipinski definition) is 5. The maximum atomic E-state index is 13.1. The Hall–Kier alpha value is -2.69. The van der Waals surface area contributed by atoms with E-state index in [4.69, 9.17) is 0 Å². The maximum Gasteiger partial charge on any atom is 0.243 e. The van der Waals surface area contributed by atoms with Crippen molar-refractivity contribution < 1.29 is 17.7 Å². The Balaban J connectivity index is 1.40. The first-order chi connectivity index (χ1) is 14.0. The van der Waals surface area contributed by atoms with Crippen LogP contribution in [0.25, 0.3) is 11.4 Å². The van der Waals surface area contributed by atoms with Crippen LogP contribution in [0.4, 0.5) is 4.39 Å². The van der Waals surface area contributed by atoms with Crippen LogP contribution in [-0.2, 0) is 16.7 Å². The molecule has 1 aliphatic heterocycles. The summed E-state index contributed by atoms with van der Waals surface area (Å²) < 4.78 is 40.3. The quantitative estimate of drug-likeness (QED) is 0.650. The van der Waals surface area contributed by atoms with Crippen molar-refractivity contribution in [1.29, 1.82) is 0 Å².